The number of amides is 3. The van der Waals surface area contributed by atoms with Gasteiger partial charge in [-0.15, -0.1) is 0 Å². The first kappa shape index (κ1) is 41.9. The summed E-state index contributed by atoms with van der Waals surface area (Å²) in [6.45, 7) is 5.36. The number of carbonyl (C=O) groups excluding carboxylic acids is 4. The molecule has 0 aromatic heterocycles. The third-order valence-corrected chi connectivity index (χ3v) is 9.90. The number of nitrogens with one attached hydrogen (secondary N) is 3. The number of esters is 1. The highest BCUT2D eigenvalue weighted by Gasteiger charge is 2.36. The Labute approximate surface area is 305 Å². The first-order valence-corrected chi connectivity index (χ1v) is 17.9. The maximum absolute atomic E-state index is 13.9. The summed E-state index contributed by atoms with van der Waals surface area (Å²) in [5.41, 5.74) is 0.900. The van der Waals surface area contributed by atoms with Crippen molar-refractivity contribution in [3.8, 4) is 0 Å². The fraction of sp³-hybridized carbons (Fsp3) is 0.730. The number of aliphatic hydroxyl groups is 1. The second kappa shape index (κ2) is 20.4. The van der Waals surface area contributed by atoms with Gasteiger partial charge < -0.3 is 54.3 Å². The molecule has 3 amide bonds. The Morgan fingerprint density at radius 2 is 1.46 bits per heavy atom. The van der Waals surface area contributed by atoms with Crippen molar-refractivity contribution in [2.45, 2.75) is 141 Å². The Morgan fingerprint density at radius 3 is 2.02 bits per heavy atom. The molecular formula is C37H61IN4O6. The van der Waals surface area contributed by atoms with E-state index in [0.29, 0.717) is 25.3 Å². The third kappa shape index (κ3) is 13.6. The van der Waals surface area contributed by atoms with E-state index < -0.39 is 48.1 Å². The summed E-state index contributed by atoms with van der Waals surface area (Å²) in [7, 11) is 6.55. The van der Waals surface area contributed by atoms with Crippen molar-refractivity contribution in [1.82, 2.24) is 16.0 Å². The second-order valence-corrected chi connectivity index (χ2v) is 15.0. The van der Waals surface area contributed by atoms with Gasteiger partial charge >= 0.3 is 5.97 Å². The molecule has 2 aliphatic rings. The van der Waals surface area contributed by atoms with Gasteiger partial charge in [-0.05, 0) is 51.0 Å². The van der Waals surface area contributed by atoms with Crippen LogP contribution < -0.4 is 39.9 Å². The van der Waals surface area contributed by atoms with E-state index in [1.54, 1.807) is 13.8 Å². The minimum atomic E-state index is -1.52. The zero-order chi connectivity index (χ0) is 34.6. The number of ether oxygens (including phenoxy) is 1. The monoisotopic (exact) mass is 784 g/mol. The van der Waals surface area contributed by atoms with E-state index in [-0.39, 0.29) is 48.1 Å². The van der Waals surface area contributed by atoms with Crippen LogP contribution in [0.25, 0.3) is 0 Å². The Hall–Kier alpha value is -2.25. The van der Waals surface area contributed by atoms with Crippen LogP contribution in [0.1, 0.15) is 103 Å². The van der Waals surface area contributed by atoms with Gasteiger partial charge in [0.1, 0.15) is 12.1 Å². The highest BCUT2D eigenvalue weighted by Crippen LogP contribution is 2.30. The second-order valence-electron chi connectivity index (χ2n) is 15.0. The van der Waals surface area contributed by atoms with Gasteiger partial charge in [0.2, 0.25) is 17.7 Å². The van der Waals surface area contributed by atoms with Crippen LogP contribution in [0.3, 0.4) is 0 Å². The Bertz CT molecular complexity index is 1150. The number of carbonyl (C=O) groups is 4. The summed E-state index contributed by atoms with van der Waals surface area (Å²) in [5.74, 6) is -1.67. The average molecular weight is 785 g/mol. The van der Waals surface area contributed by atoms with E-state index >= 15 is 0 Å². The summed E-state index contributed by atoms with van der Waals surface area (Å²) in [6, 6.07) is 7.44. The molecule has 4 atom stereocenters. The predicted octanol–water partition coefficient (Wildman–Crippen LogP) is 1.04. The van der Waals surface area contributed by atoms with E-state index in [1.165, 1.54) is 0 Å². The molecular weight excluding hydrogens is 723 g/mol. The van der Waals surface area contributed by atoms with Crippen molar-refractivity contribution < 1.29 is 57.5 Å². The lowest BCUT2D eigenvalue weighted by Gasteiger charge is -2.38. The van der Waals surface area contributed by atoms with Gasteiger partial charge in [0.25, 0.3) is 0 Å². The molecule has 0 bridgehead atoms. The molecule has 0 unspecified atom stereocenters. The smallest absolute Gasteiger partial charge is 0.337 e. The number of hydrogen-bond acceptors (Lipinski definition) is 6. The van der Waals surface area contributed by atoms with E-state index in [2.05, 4.69) is 37.1 Å². The molecule has 1 aromatic rings. The molecule has 10 nitrogen and oxygen atoms in total. The van der Waals surface area contributed by atoms with Gasteiger partial charge in [0, 0.05) is 25.2 Å². The van der Waals surface area contributed by atoms with Crippen molar-refractivity contribution in [1.29, 1.82) is 0 Å². The molecule has 48 heavy (non-hydrogen) atoms. The average Bonchev–Trinajstić information content (AvgIpc) is 3.03. The molecule has 2 fully saturated rings. The lowest BCUT2D eigenvalue weighted by atomic mass is 9.83. The number of nitrogens with zero attached hydrogens (tertiary/aromatic N) is 1. The summed E-state index contributed by atoms with van der Waals surface area (Å²) in [5, 5.41) is 19.9. The van der Waals surface area contributed by atoms with Crippen LogP contribution in [-0.4, -0.2) is 90.8 Å². The first-order chi connectivity index (χ1) is 22.3. The summed E-state index contributed by atoms with van der Waals surface area (Å²) in [4.78, 5) is 53.9. The first-order valence-electron chi connectivity index (χ1n) is 17.9. The molecule has 272 valence electrons. The molecule has 0 heterocycles. The molecule has 1 aromatic carbocycles. The lowest BCUT2D eigenvalue weighted by molar-refractivity contribution is -0.897. The molecule has 4 N–H and O–H groups in total. The van der Waals surface area contributed by atoms with E-state index in [1.807, 2.05) is 37.3 Å². The molecule has 2 aliphatic carbocycles. The fourth-order valence-electron chi connectivity index (χ4n) is 7.09. The summed E-state index contributed by atoms with van der Waals surface area (Å²) < 4.78 is 6.15. The lowest BCUT2D eigenvalue weighted by Crippen LogP contribution is -3.00. The quantitative estimate of drug-likeness (QED) is 0.113. The van der Waals surface area contributed by atoms with Crippen LogP contribution in [0.2, 0.25) is 0 Å². The highest BCUT2D eigenvalue weighted by atomic mass is 127. The maximum Gasteiger partial charge on any atom is 0.337 e. The van der Waals surface area contributed by atoms with Crippen molar-refractivity contribution >= 4 is 23.7 Å². The van der Waals surface area contributed by atoms with Crippen LogP contribution in [0, 0.1) is 11.8 Å². The van der Waals surface area contributed by atoms with Gasteiger partial charge in [-0.1, -0.05) is 75.8 Å². The maximum atomic E-state index is 13.9. The number of hydrogen-bond donors (Lipinski definition) is 4. The molecule has 0 aliphatic heterocycles. The number of halogens is 1. The van der Waals surface area contributed by atoms with E-state index in [4.69, 9.17) is 4.74 Å². The number of rotatable bonds is 16. The van der Waals surface area contributed by atoms with Gasteiger partial charge in [-0.25, -0.2) is 4.79 Å². The van der Waals surface area contributed by atoms with Gasteiger partial charge in [0.15, 0.2) is 6.10 Å². The number of benzene rings is 1. The standard InChI is InChI=1S/C37H60N4O6.HI/c1-7-14-30(35(44)39-31(23-26-15-10-8-11-16-26)33(42)37(46)47-25(2)3)38-36(45)32(24-27-17-12-9-13-18-27)40-34(43)28-19-21-29(22-20-28)41(4,5)6;/h9,12-13,17-18,25-26,28-33,42H,7-8,10-11,14-16,19-24H2,1-6H3,(H2-,38,39,40,43,44,45);1H/t28?,29?,30-,31-,32-,33+;/m0./s1. The van der Waals surface area contributed by atoms with Crippen molar-refractivity contribution in [2.24, 2.45) is 11.8 Å². The van der Waals surface area contributed by atoms with Crippen molar-refractivity contribution in [3.63, 3.8) is 0 Å². The number of aliphatic hydroxyl groups excluding tert-OH is 1. The minimum Gasteiger partial charge on any atom is -1.00 e. The fourth-order valence-corrected chi connectivity index (χ4v) is 7.09. The van der Waals surface area contributed by atoms with Gasteiger partial charge in [-0.3, -0.25) is 14.4 Å². The van der Waals surface area contributed by atoms with Crippen LogP contribution in [0.4, 0.5) is 0 Å². The van der Waals surface area contributed by atoms with Gasteiger partial charge in [-0.2, -0.15) is 0 Å². The van der Waals surface area contributed by atoms with E-state index in [9.17, 15) is 24.3 Å². The molecule has 2 saturated carbocycles. The van der Waals surface area contributed by atoms with Gasteiger partial charge in [0.05, 0.1) is 39.3 Å². The molecule has 0 spiro atoms. The number of quaternary nitrogens is 1. The zero-order valence-electron chi connectivity index (χ0n) is 30.0. The molecule has 3 rings (SSSR count). The van der Waals surface area contributed by atoms with Crippen molar-refractivity contribution in [3.05, 3.63) is 35.9 Å². The van der Waals surface area contributed by atoms with Crippen LogP contribution in [0.5, 0.6) is 0 Å². The van der Waals surface area contributed by atoms with Crippen LogP contribution >= 0.6 is 0 Å². The normalized spacial score (nSPS) is 21.2. The third-order valence-electron chi connectivity index (χ3n) is 9.90. The Morgan fingerprint density at radius 1 is 0.854 bits per heavy atom. The summed E-state index contributed by atoms with van der Waals surface area (Å²) >= 11 is 0. The van der Waals surface area contributed by atoms with Crippen LogP contribution in [-0.2, 0) is 30.3 Å². The Balaban J connectivity index is 0.00000800. The van der Waals surface area contributed by atoms with Crippen LogP contribution in [0.15, 0.2) is 30.3 Å². The SMILES string of the molecule is CCC[C@H](NC(=O)[C@H](Cc1ccccc1)NC(=O)C1CCC([N+](C)(C)C)CC1)C(=O)N[C@@H](CC1CCCCC1)[C@@H](O)C(=O)OC(C)C.[I-]. The minimum absolute atomic E-state index is 0. The topological polar surface area (TPSA) is 134 Å². The zero-order valence-corrected chi connectivity index (χ0v) is 32.2. The summed E-state index contributed by atoms with van der Waals surface area (Å²) in [6.07, 6.45) is 8.54. The molecule has 11 heteroatoms. The highest BCUT2D eigenvalue weighted by molar-refractivity contribution is 5.93. The predicted molar refractivity (Wildman–Crippen MR) is 183 cm³/mol. The van der Waals surface area contributed by atoms with E-state index in [0.717, 1.165) is 67.8 Å². The largest absolute Gasteiger partial charge is 1.00 e. The van der Waals surface area contributed by atoms with Crippen molar-refractivity contribution in [2.75, 3.05) is 21.1 Å². The molecule has 0 saturated heterocycles. The Kier molecular flexibility index (Phi) is 17.8. The molecule has 0 radical (unpaired) electrons.